The molecule has 7 heteroatoms. The number of carbonyl (C=O) groups excluding carboxylic acids is 1. The molecular formula is C16H20N2O3S2. The van der Waals surface area contributed by atoms with Gasteiger partial charge in [0, 0.05) is 16.7 Å². The van der Waals surface area contributed by atoms with Crippen molar-refractivity contribution in [1.29, 1.82) is 0 Å². The molecule has 23 heavy (non-hydrogen) atoms. The van der Waals surface area contributed by atoms with Crippen molar-refractivity contribution in [2.24, 2.45) is 0 Å². The van der Waals surface area contributed by atoms with Gasteiger partial charge in [-0.1, -0.05) is 6.92 Å². The molecule has 0 saturated carbocycles. The van der Waals surface area contributed by atoms with Gasteiger partial charge in [0.2, 0.25) is 5.91 Å². The number of nitrogens with one attached hydrogen (secondary N) is 1. The number of amides is 1. The molecule has 0 saturated heterocycles. The zero-order valence-corrected chi connectivity index (χ0v) is 15.1. The first kappa shape index (κ1) is 17.6. The van der Waals surface area contributed by atoms with Gasteiger partial charge >= 0.3 is 5.97 Å². The van der Waals surface area contributed by atoms with Crippen molar-refractivity contribution >= 4 is 39.6 Å². The van der Waals surface area contributed by atoms with Gasteiger partial charge < -0.3 is 10.4 Å². The van der Waals surface area contributed by atoms with E-state index in [1.165, 1.54) is 11.3 Å². The van der Waals surface area contributed by atoms with Crippen molar-refractivity contribution in [2.75, 3.05) is 5.32 Å². The number of hydrogen-bond acceptors (Lipinski definition) is 5. The van der Waals surface area contributed by atoms with Crippen molar-refractivity contribution in [3.05, 3.63) is 32.1 Å². The van der Waals surface area contributed by atoms with E-state index in [1.807, 2.05) is 26.2 Å². The molecule has 2 aromatic heterocycles. The molecule has 0 unspecified atom stereocenters. The maximum atomic E-state index is 12.1. The lowest BCUT2D eigenvalue weighted by atomic mass is 10.1. The van der Waals surface area contributed by atoms with E-state index in [9.17, 15) is 14.7 Å². The van der Waals surface area contributed by atoms with Crippen LogP contribution in [0, 0.1) is 13.8 Å². The molecule has 0 atom stereocenters. The molecule has 124 valence electrons. The third-order valence-corrected chi connectivity index (χ3v) is 5.42. The van der Waals surface area contributed by atoms with E-state index < -0.39 is 5.97 Å². The normalized spacial score (nSPS) is 10.7. The highest BCUT2D eigenvalue weighted by Crippen LogP contribution is 2.33. The number of nitrogens with zero attached hydrogens (tertiary/aromatic N) is 1. The number of thiophene rings is 1. The second-order valence-corrected chi connectivity index (χ2v) is 7.55. The number of carboxylic acids is 1. The van der Waals surface area contributed by atoms with Gasteiger partial charge in [-0.15, -0.1) is 22.7 Å². The van der Waals surface area contributed by atoms with Crippen molar-refractivity contribution in [3.8, 4) is 0 Å². The summed E-state index contributed by atoms with van der Waals surface area (Å²) in [5.74, 6) is -1.14. The fourth-order valence-electron chi connectivity index (χ4n) is 2.46. The second-order valence-electron chi connectivity index (χ2n) is 5.26. The SMILES string of the molecule is CCc1c(C)sc(NC(=O)CCCc2csc(C)n2)c1C(=O)O. The van der Waals surface area contributed by atoms with Gasteiger partial charge in [0.05, 0.1) is 16.3 Å². The summed E-state index contributed by atoms with van der Waals surface area (Å²) in [4.78, 5) is 28.8. The Morgan fingerprint density at radius 3 is 2.65 bits per heavy atom. The van der Waals surface area contributed by atoms with Crippen LogP contribution in [0.3, 0.4) is 0 Å². The molecule has 2 aromatic rings. The van der Waals surface area contributed by atoms with Crippen LogP contribution in [0.2, 0.25) is 0 Å². The van der Waals surface area contributed by atoms with Crippen LogP contribution in [0.25, 0.3) is 0 Å². The summed E-state index contributed by atoms with van der Waals surface area (Å²) in [6.45, 7) is 5.76. The van der Waals surface area contributed by atoms with Gasteiger partial charge in [-0.2, -0.15) is 0 Å². The van der Waals surface area contributed by atoms with Gasteiger partial charge in [0.1, 0.15) is 5.00 Å². The molecule has 0 spiro atoms. The molecule has 0 bridgehead atoms. The van der Waals surface area contributed by atoms with Crippen LogP contribution in [0.1, 0.15) is 51.3 Å². The van der Waals surface area contributed by atoms with Crippen LogP contribution in [0.4, 0.5) is 5.00 Å². The van der Waals surface area contributed by atoms with Gasteiger partial charge in [-0.25, -0.2) is 9.78 Å². The minimum atomic E-state index is -0.987. The molecule has 0 aromatic carbocycles. The Labute approximate surface area is 143 Å². The Bertz CT molecular complexity index is 719. The topological polar surface area (TPSA) is 79.3 Å². The number of carbonyl (C=O) groups is 2. The largest absolute Gasteiger partial charge is 0.478 e. The molecule has 0 aliphatic carbocycles. The summed E-state index contributed by atoms with van der Waals surface area (Å²) < 4.78 is 0. The van der Waals surface area contributed by atoms with E-state index in [-0.39, 0.29) is 11.5 Å². The lowest BCUT2D eigenvalue weighted by Crippen LogP contribution is -2.13. The van der Waals surface area contributed by atoms with Crippen molar-refractivity contribution in [2.45, 2.75) is 46.5 Å². The molecule has 0 fully saturated rings. The summed E-state index contributed by atoms with van der Waals surface area (Å²) in [6, 6.07) is 0. The van der Waals surface area contributed by atoms with Crippen LogP contribution >= 0.6 is 22.7 Å². The van der Waals surface area contributed by atoms with Crippen LogP contribution in [-0.2, 0) is 17.6 Å². The average Bonchev–Trinajstić information content (AvgIpc) is 3.01. The first-order chi connectivity index (χ1) is 10.9. The van der Waals surface area contributed by atoms with Crippen LogP contribution in [0.15, 0.2) is 5.38 Å². The number of aryl methyl sites for hydroxylation is 3. The van der Waals surface area contributed by atoms with Crippen LogP contribution in [-0.4, -0.2) is 22.0 Å². The molecule has 2 rings (SSSR count). The molecular weight excluding hydrogens is 332 g/mol. The number of rotatable bonds is 7. The zero-order chi connectivity index (χ0) is 17.0. The molecule has 1 amide bonds. The molecule has 2 N–H and O–H groups in total. The Balaban J connectivity index is 1.96. The lowest BCUT2D eigenvalue weighted by molar-refractivity contribution is -0.116. The van der Waals surface area contributed by atoms with E-state index in [4.69, 9.17) is 0 Å². The molecule has 0 radical (unpaired) electrons. The molecule has 2 heterocycles. The van der Waals surface area contributed by atoms with E-state index in [0.29, 0.717) is 24.3 Å². The Morgan fingerprint density at radius 1 is 1.35 bits per heavy atom. The van der Waals surface area contributed by atoms with E-state index >= 15 is 0 Å². The predicted molar refractivity (Wildman–Crippen MR) is 93.8 cm³/mol. The minimum absolute atomic E-state index is 0.150. The highest BCUT2D eigenvalue weighted by molar-refractivity contribution is 7.16. The van der Waals surface area contributed by atoms with Crippen molar-refractivity contribution < 1.29 is 14.7 Å². The first-order valence-corrected chi connectivity index (χ1v) is 9.18. The number of anilines is 1. The lowest BCUT2D eigenvalue weighted by Gasteiger charge is -2.05. The standard InChI is InChI=1S/C16H20N2O3S2/c1-4-12-9(2)23-15(14(12)16(20)21)18-13(19)7-5-6-11-8-22-10(3)17-11/h8H,4-7H2,1-3H3,(H,18,19)(H,20,21). The highest BCUT2D eigenvalue weighted by Gasteiger charge is 2.21. The second kappa shape index (κ2) is 7.70. The first-order valence-electron chi connectivity index (χ1n) is 7.48. The van der Waals surface area contributed by atoms with E-state index in [0.717, 1.165) is 27.6 Å². The van der Waals surface area contributed by atoms with E-state index in [1.54, 1.807) is 11.3 Å². The van der Waals surface area contributed by atoms with Gasteiger partial charge in [-0.05, 0) is 38.7 Å². The van der Waals surface area contributed by atoms with E-state index in [2.05, 4.69) is 10.3 Å². The fraction of sp³-hybridized carbons (Fsp3) is 0.438. The number of carboxylic acid groups (broad SMARTS) is 1. The third kappa shape index (κ3) is 4.39. The quantitative estimate of drug-likeness (QED) is 0.788. The van der Waals surface area contributed by atoms with Crippen LogP contribution in [0.5, 0.6) is 0 Å². The van der Waals surface area contributed by atoms with Gasteiger partial charge in [-0.3, -0.25) is 4.79 Å². The molecule has 0 aliphatic heterocycles. The summed E-state index contributed by atoms with van der Waals surface area (Å²) in [7, 11) is 0. The third-order valence-electron chi connectivity index (χ3n) is 3.53. The Hall–Kier alpha value is -1.73. The molecule has 0 aliphatic rings. The monoisotopic (exact) mass is 352 g/mol. The summed E-state index contributed by atoms with van der Waals surface area (Å²) in [6.07, 6.45) is 2.45. The fourth-order valence-corrected chi connectivity index (χ4v) is 4.26. The zero-order valence-electron chi connectivity index (χ0n) is 13.4. The van der Waals surface area contributed by atoms with Crippen molar-refractivity contribution in [1.82, 2.24) is 4.98 Å². The van der Waals surface area contributed by atoms with Gasteiger partial charge in [0.15, 0.2) is 0 Å². The van der Waals surface area contributed by atoms with Crippen LogP contribution < -0.4 is 5.32 Å². The molecule has 5 nitrogen and oxygen atoms in total. The predicted octanol–water partition coefficient (Wildman–Crippen LogP) is 4.04. The maximum absolute atomic E-state index is 12.1. The summed E-state index contributed by atoms with van der Waals surface area (Å²) in [5, 5.41) is 15.6. The Kier molecular flexibility index (Phi) is 5.90. The number of aromatic carboxylic acids is 1. The summed E-state index contributed by atoms with van der Waals surface area (Å²) in [5.41, 5.74) is 2.04. The average molecular weight is 352 g/mol. The van der Waals surface area contributed by atoms with Crippen molar-refractivity contribution in [3.63, 3.8) is 0 Å². The number of hydrogen-bond donors (Lipinski definition) is 2. The maximum Gasteiger partial charge on any atom is 0.339 e. The number of aromatic nitrogens is 1. The Morgan fingerprint density at radius 2 is 2.09 bits per heavy atom. The smallest absolute Gasteiger partial charge is 0.339 e. The summed E-state index contributed by atoms with van der Waals surface area (Å²) >= 11 is 2.93. The van der Waals surface area contributed by atoms with Gasteiger partial charge in [0.25, 0.3) is 0 Å². The highest BCUT2D eigenvalue weighted by atomic mass is 32.1. The minimum Gasteiger partial charge on any atom is -0.478 e. The number of thiazole rings is 1.